The maximum Gasteiger partial charge on any atom is 0.142 e. The number of nitrogens with two attached hydrogens (primary N) is 1. The number of halogens is 4. The van der Waals surface area contributed by atoms with Crippen molar-refractivity contribution >= 4 is 44.9 Å². The van der Waals surface area contributed by atoms with Crippen LogP contribution in [-0.4, -0.2) is 4.98 Å². The van der Waals surface area contributed by atoms with Crippen molar-refractivity contribution in [1.82, 2.24) is 4.98 Å². The third-order valence-corrected chi connectivity index (χ3v) is 5.01. The van der Waals surface area contributed by atoms with Gasteiger partial charge in [0, 0.05) is 26.2 Å². The molecule has 0 radical (unpaired) electrons. The van der Waals surface area contributed by atoms with Gasteiger partial charge in [0.1, 0.15) is 23.3 Å². The van der Waals surface area contributed by atoms with Crippen molar-refractivity contribution in [3.63, 3.8) is 0 Å². The van der Waals surface area contributed by atoms with Crippen molar-refractivity contribution in [2.75, 3.05) is 5.73 Å². The van der Waals surface area contributed by atoms with Gasteiger partial charge in [-0.1, -0.05) is 45.2 Å². The number of nitrogen functional groups attached to an aromatic ring is 1. The Morgan fingerprint density at radius 2 is 1.85 bits per heavy atom. The van der Waals surface area contributed by atoms with E-state index >= 15 is 0 Å². The highest BCUT2D eigenvalue weighted by molar-refractivity contribution is 9.10. The molecule has 0 bridgehead atoms. The molecule has 0 aliphatic rings. The molecular formula is C19H11BrCl2FN3. The monoisotopic (exact) mass is 449 g/mol. The summed E-state index contributed by atoms with van der Waals surface area (Å²) in [5.74, 6) is -0.464. The Balaban J connectivity index is 2.37. The van der Waals surface area contributed by atoms with Crippen LogP contribution in [0.3, 0.4) is 0 Å². The van der Waals surface area contributed by atoms with Crippen LogP contribution in [0.4, 0.5) is 10.2 Å². The van der Waals surface area contributed by atoms with E-state index in [1.165, 1.54) is 6.07 Å². The lowest BCUT2D eigenvalue weighted by Gasteiger charge is -2.16. The van der Waals surface area contributed by atoms with Gasteiger partial charge in [-0.05, 0) is 42.8 Å². The van der Waals surface area contributed by atoms with Crippen LogP contribution in [0, 0.1) is 24.1 Å². The van der Waals surface area contributed by atoms with Crippen molar-refractivity contribution in [3.8, 4) is 28.5 Å². The zero-order valence-electron chi connectivity index (χ0n) is 13.4. The van der Waals surface area contributed by atoms with Crippen molar-refractivity contribution in [1.29, 1.82) is 5.26 Å². The first-order valence-corrected chi connectivity index (χ1v) is 8.99. The molecule has 0 amide bonds. The predicted molar refractivity (Wildman–Crippen MR) is 107 cm³/mol. The molecule has 3 rings (SSSR count). The molecule has 0 atom stereocenters. The van der Waals surface area contributed by atoms with E-state index in [-0.39, 0.29) is 16.9 Å². The molecule has 0 fully saturated rings. The van der Waals surface area contributed by atoms with Crippen LogP contribution >= 0.6 is 39.1 Å². The molecule has 0 aliphatic heterocycles. The summed E-state index contributed by atoms with van der Waals surface area (Å²) in [6.07, 6.45) is 0. The van der Waals surface area contributed by atoms with E-state index in [1.807, 2.05) is 6.07 Å². The molecule has 3 aromatic rings. The molecule has 1 heterocycles. The van der Waals surface area contributed by atoms with Crippen molar-refractivity contribution in [3.05, 3.63) is 67.9 Å². The number of anilines is 1. The topological polar surface area (TPSA) is 62.7 Å². The Morgan fingerprint density at radius 1 is 1.15 bits per heavy atom. The van der Waals surface area contributed by atoms with E-state index < -0.39 is 5.82 Å². The first-order valence-electron chi connectivity index (χ1n) is 7.44. The molecule has 7 heteroatoms. The molecule has 26 heavy (non-hydrogen) atoms. The fourth-order valence-corrected chi connectivity index (χ4v) is 3.61. The van der Waals surface area contributed by atoms with Gasteiger partial charge >= 0.3 is 0 Å². The van der Waals surface area contributed by atoms with Gasteiger partial charge in [-0.25, -0.2) is 9.37 Å². The van der Waals surface area contributed by atoms with Crippen molar-refractivity contribution < 1.29 is 4.39 Å². The summed E-state index contributed by atoms with van der Waals surface area (Å²) in [4.78, 5) is 4.33. The third-order valence-electron chi connectivity index (χ3n) is 3.97. The fraction of sp³-hybridized carbons (Fsp3) is 0.0526. The first kappa shape index (κ1) is 18.7. The van der Waals surface area contributed by atoms with Crippen LogP contribution in [-0.2, 0) is 0 Å². The second-order valence-corrected chi connectivity index (χ2v) is 7.34. The minimum atomic E-state index is -0.474. The highest BCUT2D eigenvalue weighted by Crippen LogP contribution is 2.39. The van der Waals surface area contributed by atoms with Gasteiger partial charge in [0.2, 0.25) is 0 Å². The molecule has 2 aromatic carbocycles. The average molecular weight is 451 g/mol. The molecule has 0 unspecified atom stereocenters. The largest absolute Gasteiger partial charge is 0.383 e. The van der Waals surface area contributed by atoms with Gasteiger partial charge in [0.25, 0.3) is 0 Å². The summed E-state index contributed by atoms with van der Waals surface area (Å²) in [7, 11) is 0. The maximum atomic E-state index is 14.6. The van der Waals surface area contributed by atoms with E-state index in [4.69, 9.17) is 28.9 Å². The number of nitrogens with zero attached hydrogens (tertiary/aromatic N) is 2. The van der Waals surface area contributed by atoms with Gasteiger partial charge in [0.15, 0.2) is 0 Å². The van der Waals surface area contributed by atoms with Crippen molar-refractivity contribution in [2.45, 2.75) is 6.92 Å². The third kappa shape index (κ3) is 3.28. The van der Waals surface area contributed by atoms with Crippen LogP contribution < -0.4 is 5.73 Å². The molecule has 2 N–H and O–H groups in total. The second-order valence-electron chi connectivity index (χ2n) is 5.58. The van der Waals surface area contributed by atoms with Crippen molar-refractivity contribution in [2.24, 2.45) is 0 Å². The minimum absolute atomic E-state index is 0.0106. The summed E-state index contributed by atoms with van der Waals surface area (Å²) in [6, 6.07) is 11.6. The Labute approximate surface area is 168 Å². The van der Waals surface area contributed by atoms with Gasteiger partial charge in [-0.3, -0.25) is 0 Å². The lowest BCUT2D eigenvalue weighted by molar-refractivity contribution is 0.630. The number of rotatable bonds is 2. The van der Waals surface area contributed by atoms with E-state index in [0.717, 1.165) is 0 Å². The molecule has 3 nitrogen and oxygen atoms in total. The number of hydrogen-bond acceptors (Lipinski definition) is 3. The average Bonchev–Trinajstić information content (AvgIpc) is 2.57. The Hall–Kier alpha value is -2.13. The number of hydrogen-bond donors (Lipinski definition) is 1. The molecule has 0 saturated heterocycles. The van der Waals surface area contributed by atoms with E-state index in [9.17, 15) is 9.65 Å². The van der Waals surface area contributed by atoms with Gasteiger partial charge in [-0.15, -0.1) is 0 Å². The number of benzene rings is 2. The molecule has 1 aromatic heterocycles. The van der Waals surface area contributed by atoms with Crippen LogP contribution in [0.2, 0.25) is 10.0 Å². The number of nitriles is 1. The normalized spacial score (nSPS) is 10.6. The predicted octanol–water partition coefficient (Wildman–Crippen LogP) is 6.39. The van der Waals surface area contributed by atoms with Crippen LogP contribution in [0.5, 0.6) is 0 Å². The maximum absolute atomic E-state index is 14.6. The summed E-state index contributed by atoms with van der Waals surface area (Å²) in [5, 5.41) is 10.4. The van der Waals surface area contributed by atoms with E-state index in [0.29, 0.717) is 36.9 Å². The molecular weight excluding hydrogens is 440 g/mol. The van der Waals surface area contributed by atoms with Crippen LogP contribution in [0.25, 0.3) is 22.4 Å². The van der Waals surface area contributed by atoms with Crippen LogP contribution in [0.1, 0.15) is 11.1 Å². The molecule has 0 saturated carbocycles. The Kier molecular flexibility index (Phi) is 5.19. The van der Waals surface area contributed by atoms with Gasteiger partial charge < -0.3 is 5.73 Å². The fourth-order valence-electron chi connectivity index (χ4n) is 2.78. The Morgan fingerprint density at radius 3 is 2.46 bits per heavy atom. The minimum Gasteiger partial charge on any atom is -0.383 e. The number of pyridine rings is 1. The highest BCUT2D eigenvalue weighted by Gasteiger charge is 2.21. The molecule has 130 valence electrons. The lowest BCUT2D eigenvalue weighted by Crippen LogP contribution is -2.04. The smallest absolute Gasteiger partial charge is 0.142 e. The number of aromatic nitrogens is 1. The molecule has 0 spiro atoms. The summed E-state index contributed by atoms with van der Waals surface area (Å²) in [5.41, 5.74) is 8.46. The first-order chi connectivity index (χ1) is 12.3. The summed E-state index contributed by atoms with van der Waals surface area (Å²) >= 11 is 15.5. The zero-order chi connectivity index (χ0) is 19.0. The quantitative estimate of drug-likeness (QED) is 0.492. The molecule has 0 aliphatic carbocycles. The van der Waals surface area contributed by atoms with E-state index in [1.54, 1.807) is 37.3 Å². The standard InChI is InChI=1S/C19H11BrCl2FN3/c1-9-17(13-4-2-10(20)6-16(13)23)14(8-24)19(25)26-18(9)12-5-3-11(21)7-15(12)22/h2-7H,1H3,(H2,25,26). The summed E-state index contributed by atoms with van der Waals surface area (Å²) < 4.78 is 15.2. The Bertz CT molecular complexity index is 1080. The zero-order valence-corrected chi connectivity index (χ0v) is 16.5. The second kappa shape index (κ2) is 7.24. The SMILES string of the molecule is Cc1c(-c2ccc(Cl)cc2Cl)nc(N)c(C#N)c1-c1ccc(Br)cc1F. The van der Waals surface area contributed by atoms with Crippen LogP contribution in [0.15, 0.2) is 40.9 Å². The highest BCUT2D eigenvalue weighted by atomic mass is 79.9. The summed E-state index contributed by atoms with van der Waals surface area (Å²) in [6.45, 7) is 1.75. The van der Waals surface area contributed by atoms with Gasteiger partial charge in [0.05, 0.1) is 10.7 Å². The lowest BCUT2D eigenvalue weighted by atomic mass is 9.92. The van der Waals surface area contributed by atoms with E-state index in [2.05, 4.69) is 20.9 Å². The van der Waals surface area contributed by atoms with Gasteiger partial charge in [-0.2, -0.15) is 5.26 Å².